The minimum Gasteiger partial charge on any atom is -0.497 e. The van der Waals surface area contributed by atoms with Crippen LogP contribution in [0.1, 0.15) is 19.8 Å². The fourth-order valence-electron chi connectivity index (χ4n) is 3.16. The van der Waals surface area contributed by atoms with E-state index in [-0.39, 0.29) is 0 Å². The molecule has 3 heterocycles. The van der Waals surface area contributed by atoms with E-state index in [9.17, 15) is 0 Å². The lowest BCUT2D eigenvalue weighted by atomic mass is 10.1. The molecule has 6 heteroatoms. The molecule has 1 aromatic carbocycles. The van der Waals surface area contributed by atoms with Crippen molar-refractivity contribution in [3.05, 3.63) is 54.7 Å². The summed E-state index contributed by atoms with van der Waals surface area (Å²) in [5.74, 6) is 1.91. The Morgan fingerprint density at radius 3 is 2.57 bits per heavy atom. The molecular formula is C22H24N4OS. The molecule has 144 valence electrons. The van der Waals surface area contributed by atoms with E-state index < -0.39 is 0 Å². The number of aryl methyl sites for hydroxylation is 1. The SMILES string of the molecule is CCCCSc1cc2nc(-c3ccc(OC)cc3)cc(-c3cccn3C)n2n1. The molecule has 0 spiro atoms. The first-order chi connectivity index (χ1) is 13.7. The van der Waals surface area contributed by atoms with Gasteiger partial charge >= 0.3 is 0 Å². The second-order valence-corrected chi connectivity index (χ2v) is 7.83. The molecule has 0 fully saturated rings. The lowest BCUT2D eigenvalue weighted by Crippen LogP contribution is -2.01. The van der Waals surface area contributed by atoms with Gasteiger partial charge in [0.2, 0.25) is 0 Å². The number of methoxy groups -OCH3 is 1. The maximum atomic E-state index is 5.28. The van der Waals surface area contributed by atoms with Crippen LogP contribution in [-0.2, 0) is 7.05 Å². The fraction of sp³-hybridized carbons (Fsp3) is 0.273. The second-order valence-electron chi connectivity index (χ2n) is 6.71. The number of rotatable bonds is 7. The smallest absolute Gasteiger partial charge is 0.157 e. The van der Waals surface area contributed by atoms with E-state index in [1.807, 2.05) is 28.8 Å². The quantitative estimate of drug-likeness (QED) is 0.316. The molecule has 0 aliphatic rings. The van der Waals surface area contributed by atoms with E-state index >= 15 is 0 Å². The summed E-state index contributed by atoms with van der Waals surface area (Å²) in [6.45, 7) is 2.21. The van der Waals surface area contributed by atoms with Crippen molar-refractivity contribution < 1.29 is 4.74 Å². The van der Waals surface area contributed by atoms with Crippen LogP contribution < -0.4 is 4.74 Å². The van der Waals surface area contributed by atoms with Crippen LogP contribution in [0.25, 0.3) is 28.3 Å². The summed E-state index contributed by atoms with van der Waals surface area (Å²) in [5.41, 5.74) is 4.99. The Kier molecular flexibility index (Phi) is 5.39. The van der Waals surface area contributed by atoms with Gasteiger partial charge in [-0.3, -0.25) is 0 Å². The zero-order chi connectivity index (χ0) is 19.5. The van der Waals surface area contributed by atoms with Crippen LogP contribution in [0.3, 0.4) is 0 Å². The van der Waals surface area contributed by atoms with Crippen molar-refractivity contribution in [2.45, 2.75) is 24.8 Å². The van der Waals surface area contributed by atoms with Crippen LogP contribution in [0.2, 0.25) is 0 Å². The van der Waals surface area contributed by atoms with Crippen LogP contribution >= 0.6 is 11.8 Å². The minimum atomic E-state index is 0.839. The molecule has 0 saturated carbocycles. The van der Waals surface area contributed by atoms with Gasteiger partial charge in [-0.2, -0.15) is 5.10 Å². The highest BCUT2D eigenvalue weighted by atomic mass is 32.2. The summed E-state index contributed by atoms with van der Waals surface area (Å²) in [7, 11) is 3.73. The minimum absolute atomic E-state index is 0.839. The largest absolute Gasteiger partial charge is 0.497 e. The van der Waals surface area contributed by atoms with Crippen molar-refractivity contribution in [3.8, 4) is 28.4 Å². The summed E-state index contributed by atoms with van der Waals surface area (Å²) < 4.78 is 9.35. The number of hydrogen-bond donors (Lipinski definition) is 0. The van der Waals surface area contributed by atoms with Gasteiger partial charge in [-0.15, -0.1) is 11.8 Å². The van der Waals surface area contributed by atoms with E-state index in [0.29, 0.717) is 0 Å². The van der Waals surface area contributed by atoms with Gasteiger partial charge in [0, 0.05) is 24.9 Å². The maximum Gasteiger partial charge on any atom is 0.157 e. The molecule has 0 N–H and O–H groups in total. The van der Waals surface area contributed by atoms with Crippen molar-refractivity contribution in [2.24, 2.45) is 7.05 Å². The molecule has 4 aromatic rings. The number of ether oxygens (including phenoxy) is 1. The molecule has 0 radical (unpaired) electrons. The lowest BCUT2D eigenvalue weighted by Gasteiger charge is -2.10. The van der Waals surface area contributed by atoms with E-state index in [4.69, 9.17) is 14.8 Å². The van der Waals surface area contributed by atoms with Gasteiger partial charge in [0.15, 0.2) is 5.65 Å². The highest BCUT2D eigenvalue weighted by molar-refractivity contribution is 7.99. The molecular weight excluding hydrogens is 368 g/mol. The molecule has 4 rings (SSSR count). The maximum absolute atomic E-state index is 5.28. The summed E-state index contributed by atoms with van der Waals surface area (Å²) >= 11 is 1.79. The zero-order valence-corrected chi connectivity index (χ0v) is 17.2. The van der Waals surface area contributed by atoms with Crippen molar-refractivity contribution in [2.75, 3.05) is 12.9 Å². The Bertz CT molecular complexity index is 1080. The summed E-state index contributed by atoms with van der Waals surface area (Å²) in [5, 5.41) is 5.84. The molecule has 0 unspecified atom stereocenters. The first-order valence-corrected chi connectivity index (χ1v) is 10.5. The second kappa shape index (κ2) is 8.10. The number of hydrogen-bond acceptors (Lipinski definition) is 4. The van der Waals surface area contributed by atoms with Crippen LogP contribution in [0.4, 0.5) is 0 Å². The fourth-order valence-corrected chi connectivity index (χ4v) is 4.13. The predicted molar refractivity (Wildman–Crippen MR) is 115 cm³/mol. The molecule has 0 aliphatic carbocycles. The number of benzene rings is 1. The van der Waals surface area contributed by atoms with Crippen molar-refractivity contribution in [3.63, 3.8) is 0 Å². The van der Waals surface area contributed by atoms with Crippen molar-refractivity contribution >= 4 is 17.4 Å². The van der Waals surface area contributed by atoms with Gasteiger partial charge in [-0.25, -0.2) is 9.50 Å². The normalized spacial score (nSPS) is 11.2. The third-order valence-electron chi connectivity index (χ3n) is 4.74. The number of aromatic nitrogens is 4. The summed E-state index contributed by atoms with van der Waals surface area (Å²) in [6, 6.07) is 16.4. The van der Waals surface area contributed by atoms with Crippen LogP contribution in [-0.4, -0.2) is 32.0 Å². The van der Waals surface area contributed by atoms with Gasteiger partial charge in [0.1, 0.15) is 10.8 Å². The molecule has 0 aliphatic heterocycles. The molecule has 0 bridgehead atoms. The van der Waals surface area contributed by atoms with Crippen LogP contribution in [0.5, 0.6) is 5.75 Å². The van der Waals surface area contributed by atoms with E-state index in [2.05, 4.69) is 49.0 Å². The number of thioether (sulfide) groups is 1. The molecule has 5 nitrogen and oxygen atoms in total. The Balaban J connectivity index is 1.83. The highest BCUT2D eigenvalue weighted by Crippen LogP contribution is 2.29. The number of nitrogens with zero attached hydrogens (tertiary/aromatic N) is 4. The molecule has 28 heavy (non-hydrogen) atoms. The van der Waals surface area contributed by atoms with Crippen molar-refractivity contribution in [1.82, 2.24) is 19.2 Å². The first kappa shape index (κ1) is 18.6. The van der Waals surface area contributed by atoms with Gasteiger partial charge in [-0.05, 0) is 54.6 Å². The predicted octanol–water partition coefficient (Wildman–Crippen LogP) is 5.30. The van der Waals surface area contributed by atoms with E-state index in [0.717, 1.165) is 44.8 Å². The topological polar surface area (TPSA) is 44.4 Å². The summed E-state index contributed by atoms with van der Waals surface area (Å²) in [6.07, 6.45) is 4.43. The summed E-state index contributed by atoms with van der Waals surface area (Å²) in [4.78, 5) is 4.89. The lowest BCUT2D eigenvalue weighted by molar-refractivity contribution is 0.415. The Morgan fingerprint density at radius 2 is 1.89 bits per heavy atom. The number of unbranched alkanes of at least 4 members (excludes halogenated alkanes) is 1. The monoisotopic (exact) mass is 392 g/mol. The standard InChI is InChI=1S/C22H24N4OS/c1-4-5-13-28-22-15-21-23-18(16-8-10-17(27-3)11-9-16)14-20(26(21)24-22)19-7-6-12-25(19)2/h6-12,14-15H,4-5,13H2,1-3H3. The zero-order valence-electron chi connectivity index (χ0n) is 16.4. The Hall–Kier alpha value is -2.73. The van der Waals surface area contributed by atoms with Gasteiger partial charge in [0.25, 0.3) is 0 Å². The van der Waals surface area contributed by atoms with Gasteiger partial charge in [-0.1, -0.05) is 13.3 Å². The number of fused-ring (bicyclic) bond motifs is 1. The van der Waals surface area contributed by atoms with Gasteiger partial charge in [0.05, 0.1) is 24.2 Å². The molecule has 0 amide bonds. The van der Waals surface area contributed by atoms with Gasteiger partial charge < -0.3 is 9.30 Å². The van der Waals surface area contributed by atoms with E-state index in [1.165, 1.54) is 12.8 Å². The Morgan fingerprint density at radius 1 is 1.07 bits per heavy atom. The Labute approximate surface area is 169 Å². The van der Waals surface area contributed by atoms with Crippen LogP contribution in [0.15, 0.2) is 59.8 Å². The third kappa shape index (κ3) is 3.64. The first-order valence-electron chi connectivity index (χ1n) is 9.49. The third-order valence-corrected chi connectivity index (χ3v) is 5.73. The van der Waals surface area contributed by atoms with Crippen LogP contribution in [0, 0.1) is 0 Å². The average molecular weight is 393 g/mol. The average Bonchev–Trinajstić information content (AvgIpc) is 3.33. The highest BCUT2D eigenvalue weighted by Gasteiger charge is 2.14. The molecule has 0 atom stereocenters. The van der Waals surface area contributed by atoms with E-state index in [1.54, 1.807) is 18.9 Å². The molecule has 3 aromatic heterocycles. The van der Waals surface area contributed by atoms with Crippen molar-refractivity contribution in [1.29, 1.82) is 0 Å². The molecule has 0 saturated heterocycles.